The van der Waals surface area contributed by atoms with Crippen LogP contribution >= 0.6 is 0 Å². The summed E-state index contributed by atoms with van der Waals surface area (Å²) in [6, 6.07) is 7.97. The zero-order valence-corrected chi connectivity index (χ0v) is 17.6. The van der Waals surface area contributed by atoms with Crippen molar-refractivity contribution in [3.63, 3.8) is 0 Å². The number of aryl methyl sites for hydroxylation is 2. The molecule has 3 aromatic rings. The highest BCUT2D eigenvalue weighted by Crippen LogP contribution is 2.25. The van der Waals surface area contributed by atoms with E-state index in [9.17, 15) is 9.59 Å². The number of fused-ring (bicyclic) bond motifs is 2. The Morgan fingerprint density at radius 1 is 1.30 bits per heavy atom. The zero-order chi connectivity index (χ0) is 21.3. The van der Waals surface area contributed by atoms with Crippen molar-refractivity contribution in [1.29, 1.82) is 0 Å². The first-order chi connectivity index (χ1) is 14.5. The predicted octanol–water partition coefficient (Wildman–Crippen LogP) is 2.17. The van der Waals surface area contributed by atoms with Gasteiger partial charge in [-0.1, -0.05) is 11.6 Å². The van der Waals surface area contributed by atoms with Crippen LogP contribution in [0, 0.1) is 6.92 Å². The van der Waals surface area contributed by atoms with Gasteiger partial charge in [-0.05, 0) is 31.5 Å². The molecule has 0 radical (unpaired) electrons. The monoisotopic (exact) mass is 409 g/mol. The zero-order valence-electron chi connectivity index (χ0n) is 17.6. The van der Waals surface area contributed by atoms with Crippen LogP contribution in [0.2, 0.25) is 0 Å². The van der Waals surface area contributed by atoms with Gasteiger partial charge in [0.25, 0.3) is 11.8 Å². The quantitative estimate of drug-likeness (QED) is 0.611. The van der Waals surface area contributed by atoms with E-state index in [2.05, 4.69) is 21.5 Å². The van der Waals surface area contributed by atoms with Crippen LogP contribution in [0.5, 0.6) is 0 Å². The second-order valence-electron chi connectivity index (χ2n) is 7.75. The van der Waals surface area contributed by atoms with E-state index in [0.29, 0.717) is 44.0 Å². The molecular weight excluding hydrogens is 382 g/mol. The third-order valence-electron chi connectivity index (χ3n) is 5.56. The number of aromatic amines is 1. The summed E-state index contributed by atoms with van der Waals surface area (Å²) >= 11 is 0. The third kappa shape index (κ3) is 3.82. The minimum Gasteiger partial charge on any atom is -0.385 e. The molecule has 0 bridgehead atoms. The van der Waals surface area contributed by atoms with Gasteiger partial charge in [0.15, 0.2) is 5.69 Å². The third-order valence-corrected chi connectivity index (χ3v) is 5.56. The Kier molecular flexibility index (Phi) is 5.59. The maximum Gasteiger partial charge on any atom is 0.272 e. The van der Waals surface area contributed by atoms with E-state index in [1.165, 1.54) is 0 Å². The summed E-state index contributed by atoms with van der Waals surface area (Å²) < 4.78 is 6.77. The van der Waals surface area contributed by atoms with Crippen LogP contribution < -0.4 is 5.32 Å². The molecule has 30 heavy (non-hydrogen) atoms. The summed E-state index contributed by atoms with van der Waals surface area (Å²) in [6.45, 7) is 4.11. The second kappa shape index (κ2) is 8.31. The summed E-state index contributed by atoms with van der Waals surface area (Å²) in [7, 11) is 3.48. The Bertz CT molecular complexity index is 1100. The van der Waals surface area contributed by atoms with Crippen LogP contribution in [-0.4, -0.2) is 58.3 Å². The van der Waals surface area contributed by atoms with Gasteiger partial charge in [0.2, 0.25) is 0 Å². The number of carbonyl (C=O) groups excluding carboxylic acids is 2. The molecule has 1 aromatic carbocycles. The average Bonchev–Trinajstić information content (AvgIpc) is 3.31. The highest BCUT2D eigenvalue weighted by atomic mass is 16.5. The van der Waals surface area contributed by atoms with Crippen molar-refractivity contribution >= 4 is 22.7 Å². The van der Waals surface area contributed by atoms with Gasteiger partial charge in [-0.2, -0.15) is 5.10 Å². The first-order valence-corrected chi connectivity index (χ1v) is 10.2. The number of carbonyl (C=O) groups is 2. The van der Waals surface area contributed by atoms with Gasteiger partial charge in [0, 0.05) is 62.4 Å². The van der Waals surface area contributed by atoms with E-state index in [1.54, 1.807) is 16.7 Å². The lowest BCUT2D eigenvalue weighted by Gasteiger charge is -2.27. The second-order valence-corrected chi connectivity index (χ2v) is 7.75. The van der Waals surface area contributed by atoms with Crippen LogP contribution in [-0.2, 0) is 24.8 Å². The Morgan fingerprint density at radius 2 is 2.13 bits per heavy atom. The van der Waals surface area contributed by atoms with Crippen LogP contribution in [0.4, 0.5) is 0 Å². The molecule has 0 aliphatic carbocycles. The van der Waals surface area contributed by atoms with E-state index in [4.69, 9.17) is 4.74 Å². The van der Waals surface area contributed by atoms with Crippen molar-refractivity contribution in [2.24, 2.45) is 7.05 Å². The SMILES string of the molecule is COCCCNC(=O)c1nn(C)c2c1CN(C(=O)c1cc3cc(C)ccc3[nH]1)CC2. The molecule has 3 heterocycles. The summed E-state index contributed by atoms with van der Waals surface area (Å²) in [5.41, 5.74) is 4.89. The number of H-pyrrole nitrogens is 1. The molecule has 0 saturated heterocycles. The molecule has 0 unspecified atom stereocenters. The van der Waals surface area contributed by atoms with Gasteiger partial charge in [-0.15, -0.1) is 0 Å². The maximum absolute atomic E-state index is 13.1. The number of nitrogens with zero attached hydrogens (tertiary/aromatic N) is 3. The van der Waals surface area contributed by atoms with Crippen LogP contribution in [0.15, 0.2) is 24.3 Å². The van der Waals surface area contributed by atoms with E-state index < -0.39 is 0 Å². The number of methoxy groups -OCH3 is 1. The van der Waals surface area contributed by atoms with Crippen molar-refractivity contribution in [3.8, 4) is 0 Å². The van der Waals surface area contributed by atoms with E-state index in [-0.39, 0.29) is 11.8 Å². The van der Waals surface area contributed by atoms with Crippen LogP contribution in [0.3, 0.4) is 0 Å². The summed E-state index contributed by atoms with van der Waals surface area (Å²) in [5, 5.41) is 8.34. The van der Waals surface area contributed by atoms with Gasteiger partial charge in [0.1, 0.15) is 5.69 Å². The fraction of sp³-hybridized carbons (Fsp3) is 0.409. The molecular formula is C22H27N5O3. The standard InChI is InChI=1S/C22H27N5O3/c1-14-5-6-17-15(11-14)12-18(24-17)22(29)27-9-7-19-16(13-27)20(25-26(19)2)21(28)23-8-4-10-30-3/h5-6,11-12,24H,4,7-10,13H2,1-3H3,(H,23,28). The largest absolute Gasteiger partial charge is 0.385 e. The fourth-order valence-electron chi connectivity index (χ4n) is 3.99. The van der Waals surface area contributed by atoms with Crippen molar-refractivity contribution in [2.45, 2.75) is 26.3 Å². The number of ether oxygens (including phenoxy) is 1. The number of rotatable bonds is 6. The first-order valence-electron chi connectivity index (χ1n) is 10.2. The number of nitrogens with one attached hydrogen (secondary N) is 2. The Balaban J connectivity index is 1.53. The van der Waals surface area contributed by atoms with Gasteiger partial charge in [-0.25, -0.2) is 0 Å². The molecule has 0 fully saturated rings. The number of aromatic nitrogens is 3. The fourth-order valence-corrected chi connectivity index (χ4v) is 3.99. The van der Waals surface area contributed by atoms with Crippen molar-refractivity contribution < 1.29 is 14.3 Å². The molecule has 1 aliphatic heterocycles. The molecule has 2 aromatic heterocycles. The highest BCUT2D eigenvalue weighted by molar-refractivity contribution is 5.99. The van der Waals surface area contributed by atoms with E-state index >= 15 is 0 Å². The van der Waals surface area contributed by atoms with Crippen molar-refractivity contribution in [2.75, 3.05) is 26.8 Å². The molecule has 0 saturated carbocycles. The Hall–Kier alpha value is -3.13. The van der Waals surface area contributed by atoms with Gasteiger partial charge >= 0.3 is 0 Å². The molecule has 0 atom stereocenters. The normalized spacial score (nSPS) is 13.5. The molecule has 4 rings (SSSR count). The minimum atomic E-state index is -0.210. The summed E-state index contributed by atoms with van der Waals surface area (Å²) in [5.74, 6) is -0.275. The number of hydrogen-bond acceptors (Lipinski definition) is 4. The van der Waals surface area contributed by atoms with E-state index in [0.717, 1.165) is 34.1 Å². The molecule has 2 N–H and O–H groups in total. The lowest BCUT2D eigenvalue weighted by Crippen LogP contribution is -2.37. The highest BCUT2D eigenvalue weighted by Gasteiger charge is 2.30. The average molecular weight is 409 g/mol. The molecule has 8 nitrogen and oxygen atoms in total. The molecule has 1 aliphatic rings. The maximum atomic E-state index is 13.1. The van der Waals surface area contributed by atoms with E-state index in [1.807, 2.05) is 32.2 Å². The number of amides is 2. The summed E-state index contributed by atoms with van der Waals surface area (Å²) in [6.07, 6.45) is 1.41. The Morgan fingerprint density at radius 3 is 2.93 bits per heavy atom. The van der Waals surface area contributed by atoms with Crippen molar-refractivity contribution in [1.82, 2.24) is 25.0 Å². The first kappa shape index (κ1) is 20.2. The van der Waals surface area contributed by atoms with Gasteiger partial charge < -0.3 is 19.9 Å². The summed E-state index contributed by atoms with van der Waals surface area (Å²) in [4.78, 5) is 30.8. The number of hydrogen-bond donors (Lipinski definition) is 2. The topological polar surface area (TPSA) is 92.2 Å². The lowest BCUT2D eigenvalue weighted by atomic mass is 10.0. The van der Waals surface area contributed by atoms with Crippen LogP contribution in [0.25, 0.3) is 10.9 Å². The minimum absolute atomic E-state index is 0.0650. The van der Waals surface area contributed by atoms with Gasteiger partial charge in [-0.3, -0.25) is 14.3 Å². The molecule has 158 valence electrons. The van der Waals surface area contributed by atoms with Crippen molar-refractivity contribution in [3.05, 3.63) is 52.5 Å². The smallest absolute Gasteiger partial charge is 0.272 e. The predicted molar refractivity (Wildman–Crippen MR) is 114 cm³/mol. The molecule has 8 heteroatoms. The Labute approximate surface area is 175 Å². The molecule has 2 amide bonds. The lowest BCUT2D eigenvalue weighted by molar-refractivity contribution is 0.0725. The van der Waals surface area contributed by atoms with Gasteiger partial charge in [0.05, 0.1) is 6.54 Å². The van der Waals surface area contributed by atoms with Crippen LogP contribution in [0.1, 0.15) is 44.2 Å². The molecule has 0 spiro atoms. The number of benzene rings is 1.